The lowest BCUT2D eigenvalue weighted by Crippen LogP contribution is -2.92. The molecular weight excluding hydrogens is 158 g/mol. The molecule has 0 aromatic carbocycles. The number of hydrogen-bond donors (Lipinski definition) is 2. The van der Waals surface area contributed by atoms with Gasteiger partial charge in [-0.25, -0.2) is 15.0 Å². The minimum Gasteiger partial charge on any atom is -0.354 e. The summed E-state index contributed by atoms with van der Waals surface area (Å²) in [5, 5.41) is 1.21. The van der Waals surface area contributed by atoms with E-state index in [-0.39, 0.29) is 24.3 Å². The second-order valence-corrected chi connectivity index (χ2v) is 2.36. The van der Waals surface area contributed by atoms with Gasteiger partial charge in [-0.15, -0.1) is 6.58 Å². The zero-order chi connectivity index (χ0) is 9.14. The summed E-state index contributed by atoms with van der Waals surface area (Å²) < 4.78 is 0. The van der Waals surface area contributed by atoms with Crippen LogP contribution in [0.2, 0.25) is 0 Å². The topological polar surface area (TPSA) is 80.0 Å². The third kappa shape index (κ3) is 1.51. The molecule has 0 saturated heterocycles. The van der Waals surface area contributed by atoms with Crippen LogP contribution in [-0.2, 0) is 4.79 Å². The van der Waals surface area contributed by atoms with Crippen LogP contribution in [0.3, 0.4) is 0 Å². The first kappa shape index (κ1) is 8.48. The molecule has 12 heavy (non-hydrogen) atoms. The predicted molar refractivity (Wildman–Crippen MR) is 41.5 cm³/mol. The van der Waals surface area contributed by atoms with Crippen molar-refractivity contribution < 1.29 is 14.9 Å². The Balaban J connectivity index is 2.82. The van der Waals surface area contributed by atoms with Crippen LogP contribution in [0.15, 0.2) is 24.6 Å². The number of rotatable bonds is 2. The zero-order valence-corrected chi connectivity index (χ0v) is 6.49. The second kappa shape index (κ2) is 3.19. The first-order valence-electron chi connectivity index (χ1n) is 3.43. The molecule has 1 aliphatic heterocycles. The number of quaternary nitrogens is 1. The van der Waals surface area contributed by atoms with Gasteiger partial charge in [-0.2, -0.15) is 0 Å². The smallest absolute Gasteiger partial charge is 0.354 e. The van der Waals surface area contributed by atoms with Gasteiger partial charge in [-0.1, -0.05) is 6.08 Å². The van der Waals surface area contributed by atoms with Crippen LogP contribution >= 0.6 is 0 Å². The van der Waals surface area contributed by atoms with Gasteiger partial charge in [0.25, 0.3) is 5.91 Å². The molecule has 0 radical (unpaired) electrons. The molecule has 5 nitrogen and oxygen atoms in total. The molecule has 0 bridgehead atoms. The van der Waals surface area contributed by atoms with E-state index in [1.54, 1.807) is 0 Å². The summed E-state index contributed by atoms with van der Waals surface area (Å²) in [6.45, 7) is 3.65. The van der Waals surface area contributed by atoms with Gasteiger partial charge in [0, 0.05) is 0 Å². The van der Waals surface area contributed by atoms with Crippen molar-refractivity contribution in [3.05, 3.63) is 24.6 Å². The van der Waals surface area contributed by atoms with Gasteiger partial charge in [-0.3, -0.25) is 4.79 Å². The monoisotopic (exact) mass is 168 g/mol. The summed E-state index contributed by atoms with van der Waals surface area (Å²) in [7, 11) is 0. The summed E-state index contributed by atoms with van der Waals surface area (Å²) in [5.41, 5.74) is 5.29. The summed E-state index contributed by atoms with van der Waals surface area (Å²) in [5.74, 6) is -0.190. The lowest BCUT2D eigenvalue weighted by Gasteiger charge is -2.17. The summed E-state index contributed by atoms with van der Waals surface area (Å²) in [4.78, 5) is 23.2. The lowest BCUT2D eigenvalue weighted by molar-refractivity contribution is -0.512. The molecule has 0 atom stereocenters. The van der Waals surface area contributed by atoms with E-state index in [4.69, 9.17) is 5.73 Å². The molecular formula is C7H10N3O2+. The van der Waals surface area contributed by atoms with Crippen LogP contribution in [0.25, 0.3) is 0 Å². The lowest BCUT2D eigenvalue weighted by atomic mass is 10.4. The maximum atomic E-state index is 11.1. The van der Waals surface area contributed by atoms with Crippen molar-refractivity contribution in [1.29, 1.82) is 0 Å². The Morgan fingerprint density at radius 2 is 2.33 bits per heavy atom. The third-order valence-corrected chi connectivity index (χ3v) is 1.42. The van der Waals surface area contributed by atoms with Gasteiger partial charge in [0.1, 0.15) is 0 Å². The van der Waals surface area contributed by atoms with E-state index in [1.807, 2.05) is 0 Å². The van der Waals surface area contributed by atoms with Gasteiger partial charge >= 0.3 is 6.03 Å². The van der Waals surface area contributed by atoms with Gasteiger partial charge in [0.15, 0.2) is 0 Å². The molecule has 0 aromatic heterocycles. The van der Waals surface area contributed by atoms with Crippen molar-refractivity contribution in [3.8, 4) is 0 Å². The summed E-state index contributed by atoms with van der Waals surface area (Å²) in [6, 6.07) is -0.389. The number of urea groups is 1. The second-order valence-electron chi connectivity index (χ2n) is 2.36. The number of hydrogen-bond acceptors (Lipinski definition) is 3. The van der Waals surface area contributed by atoms with Crippen molar-refractivity contribution in [1.82, 2.24) is 4.90 Å². The van der Waals surface area contributed by atoms with Crippen LogP contribution in [0.5, 0.6) is 0 Å². The van der Waals surface area contributed by atoms with Gasteiger partial charge in [0.2, 0.25) is 5.82 Å². The van der Waals surface area contributed by atoms with Crippen LogP contribution in [0, 0.1) is 0 Å². The Bertz CT molecular complexity index is 270. The fourth-order valence-electron chi connectivity index (χ4n) is 0.900. The number of nitrogens with two attached hydrogens (primary N) is 2. The third-order valence-electron chi connectivity index (χ3n) is 1.42. The minimum atomic E-state index is -0.389. The SMILES string of the molecule is C=CCN1C(=O)C=C(N)[NH2+]C1=O. The van der Waals surface area contributed by atoms with E-state index in [9.17, 15) is 9.59 Å². The number of carbonyl (C=O) groups is 2. The molecule has 0 fully saturated rings. The maximum Gasteiger partial charge on any atom is 0.429 e. The van der Waals surface area contributed by atoms with Crippen LogP contribution in [-0.4, -0.2) is 23.4 Å². The predicted octanol–water partition coefficient (Wildman–Crippen LogP) is -1.50. The average molecular weight is 168 g/mol. The minimum absolute atomic E-state index is 0.199. The van der Waals surface area contributed by atoms with E-state index < -0.39 is 0 Å². The van der Waals surface area contributed by atoms with Gasteiger partial charge < -0.3 is 5.73 Å². The van der Waals surface area contributed by atoms with Gasteiger partial charge in [-0.05, 0) is 0 Å². The molecule has 0 spiro atoms. The Morgan fingerprint density at radius 1 is 1.67 bits per heavy atom. The molecule has 4 N–H and O–H groups in total. The van der Waals surface area contributed by atoms with E-state index in [1.165, 1.54) is 17.5 Å². The Hall–Kier alpha value is -1.62. The number of carbonyl (C=O) groups excluding carboxylic acids is 2. The van der Waals surface area contributed by atoms with Crippen LogP contribution in [0.1, 0.15) is 0 Å². The molecule has 0 aromatic rings. The van der Waals surface area contributed by atoms with Crippen molar-refractivity contribution in [2.24, 2.45) is 5.73 Å². The Kier molecular flexibility index (Phi) is 2.25. The first-order chi connectivity index (χ1) is 5.65. The highest BCUT2D eigenvalue weighted by atomic mass is 16.2. The van der Waals surface area contributed by atoms with E-state index >= 15 is 0 Å². The van der Waals surface area contributed by atoms with E-state index in [0.29, 0.717) is 0 Å². The number of primary amides is 1. The molecule has 0 saturated carbocycles. The fraction of sp³-hybridized carbons (Fsp3) is 0.143. The van der Waals surface area contributed by atoms with E-state index in [2.05, 4.69) is 6.58 Å². The first-order valence-corrected chi connectivity index (χ1v) is 3.43. The van der Waals surface area contributed by atoms with Crippen molar-refractivity contribution in [2.45, 2.75) is 0 Å². The Morgan fingerprint density at radius 3 is 2.83 bits per heavy atom. The standard InChI is InChI=1S/C7H9N3O2/c1-2-3-10-6(11)4-5(8)9-7(10)12/h2,4H,1,3,8H2,(H,9,12)/p+1. The number of amides is 3. The molecule has 64 valence electrons. The molecule has 1 aliphatic rings. The normalized spacial score (nSPS) is 17.7. The van der Waals surface area contributed by atoms with Crippen molar-refractivity contribution >= 4 is 11.9 Å². The van der Waals surface area contributed by atoms with Crippen LogP contribution < -0.4 is 11.1 Å². The molecule has 1 rings (SSSR count). The fourth-order valence-corrected chi connectivity index (χ4v) is 0.900. The largest absolute Gasteiger partial charge is 0.429 e. The molecule has 0 unspecified atom stereocenters. The molecule has 3 amide bonds. The summed E-state index contributed by atoms with van der Waals surface area (Å²) >= 11 is 0. The van der Waals surface area contributed by atoms with E-state index in [0.717, 1.165) is 4.90 Å². The van der Waals surface area contributed by atoms with Gasteiger partial charge in [0.05, 0.1) is 12.6 Å². The highest BCUT2D eigenvalue weighted by Crippen LogP contribution is 1.94. The molecule has 5 heteroatoms. The highest BCUT2D eigenvalue weighted by molar-refractivity contribution is 5.99. The Labute approximate surface area is 69.5 Å². The highest BCUT2D eigenvalue weighted by Gasteiger charge is 2.28. The number of imide groups is 1. The van der Waals surface area contributed by atoms with Crippen molar-refractivity contribution in [3.63, 3.8) is 0 Å². The molecule has 0 aliphatic carbocycles. The van der Waals surface area contributed by atoms with Crippen LogP contribution in [0.4, 0.5) is 4.79 Å². The summed E-state index contributed by atoms with van der Waals surface area (Å²) in [6.07, 6.45) is 2.70. The zero-order valence-electron chi connectivity index (χ0n) is 6.49. The number of nitrogens with zero attached hydrogens (tertiary/aromatic N) is 1. The maximum absolute atomic E-state index is 11.1. The average Bonchev–Trinajstić information content (AvgIpc) is 1.96. The van der Waals surface area contributed by atoms with Crippen molar-refractivity contribution in [2.75, 3.05) is 6.54 Å². The molecule has 1 heterocycles. The quantitative estimate of drug-likeness (QED) is 0.492.